The van der Waals surface area contributed by atoms with Crippen molar-refractivity contribution in [1.29, 1.82) is 0 Å². The van der Waals surface area contributed by atoms with Crippen molar-refractivity contribution in [2.45, 2.75) is 0 Å². The van der Waals surface area contributed by atoms with E-state index in [1.807, 2.05) is 6.07 Å². The fourth-order valence-electron chi connectivity index (χ4n) is 1.17. The third kappa shape index (κ3) is 2.40. The molecule has 0 aliphatic heterocycles. The second kappa shape index (κ2) is 4.68. The molecule has 0 radical (unpaired) electrons. The average molecular weight is 293 g/mol. The Morgan fingerprint density at radius 2 is 2.08 bits per heavy atom. The fraction of sp³-hybridized carbons (Fsp3) is 0. The van der Waals surface area contributed by atoms with Gasteiger partial charge in [-0.2, -0.15) is 0 Å². The Labute approximate surface area is 134 Å². The number of hydrogen-bond donors (Lipinski definition) is 1. The van der Waals surface area contributed by atoms with Crippen LogP contribution in [0.1, 0.15) is 10.4 Å². The van der Waals surface area contributed by atoms with Gasteiger partial charge in [-0.3, -0.25) is 0 Å². The molecule has 0 unspecified atom stereocenters. The molecule has 1 N–H and O–H groups in total. The monoisotopic (exact) mass is 293 g/mol. The van der Waals surface area contributed by atoms with Gasteiger partial charge in [0.15, 0.2) is 0 Å². The summed E-state index contributed by atoms with van der Waals surface area (Å²) in [6, 6.07) is 6.72. The molecular weight excluding hydrogens is 287 g/mol. The Morgan fingerprint density at radius 3 is 2.77 bits per heavy atom. The number of carbonyl (C=O) groups is 1. The quantitative estimate of drug-likeness (QED) is 0.634. The molecule has 0 saturated heterocycles. The normalized spacial score (nSPS) is 9.54. The number of nitrogens with one attached hydrogen (secondary N) is 1. The van der Waals surface area contributed by atoms with Crippen LogP contribution in [0.25, 0.3) is 10.9 Å². The Kier molecular flexibility index (Phi) is 4.09. The number of rotatable bonds is 1. The minimum atomic E-state index is -1.15. The predicted octanol–water partition coefficient (Wildman–Crippen LogP) is -2.46. The van der Waals surface area contributed by atoms with E-state index in [0.29, 0.717) is 0 Å². The van der Waals surface area contributed by atoms with Gasteiger partial charge in [0, 0.05) is 11.7 Å². The van der Waals surface area contributed by atoms with E-state index in [4.69, 9.17) is 0 Å². The van der Waals surface area contributed by atoms with E-state index in [1.165, 1.54) is 6.07 Å². The standard InChI is InChI=1S/C9H7NO2.Cs/c11-9(12)7-2-1-6-3-4-10-8(6)5-7;/h1-5,10H,(H,11,12);/q;+1/p-1. The molecule has 0 aliphatic carbocycles. The molecule has 1 aromatic heterocycles. The van der Waals surface area contributed by atoms with E-state index in [1.54, 1.807) is 18.3 Å². The Morgan fingerprint density at radius 1 is 1.31 bits per heavy atom. The molecule has 3 nitrogen and oxygen atoms in total. The SMILES string of the molecule is O=C([O-])c1ccc2cc[nH]c2c1.[Cs+]. The van der Waals surface area contributed by atoms with Crippen LogP contribution in [0.2, 0.25) is 0 Å². The van der Waals surface area contributed by atoms with Crippen molar-refractivity contribution in [3.63, 3.8) is 0 Å². The third-order valence-electron chi connectivity index (χ3n) is 1.79. The summed E-state index contributed by atoms with van der Waals surface area (Å²) in [5, 5.41) is 11.4. The van der Waals surface area contributed by atoms with Crippen molar-refractivity contribution in [1.82, 2.24) is 4.98 Å². The van der Waals surface area contributed by atoms with E-state index >= 15 is 0 Å². The summed E-state index contributed by atoms with van der Waals surface area (Å²) in [5.41, 5.74) is 1.02. The number of H-pyrrole nitrogens is 1. The van der Waals surface area contributed by atoms with Crippen molar-refractivity contribution in [2.75, 3.05) is 0 Å². The first kappa shape index (κ1) is 11.4. The Bertz CT molecular complexity index is 436. The van der Waals surface area contributed by atoms with Gasteiger partial charge >= 0.3 is 68.9 Å². The van der Waals surface area contributed by atoms with Crippen molar-refractivity contribution in [3.05, 3.63) is 36.0 Å². The van der Waals surface area contributed by atoms with E-state index < -0.39 is 5.97 Å². The number of aromatic nitrogens is 1. The second-order valence-electron chi connectivity index (χ2n) is 2.57. The molecule has 0 bridgehead atoms. The third-order valence-corrected chi connectivity index (χ3v) is 1.79. The largest absolute Gasteiger partial charge is 1.00 e. The molecule has 2 aromatic rings. The van der Waals surface area contributed by atoms with Crippen LogP contribution in [0.3, 0.4) is 0 Å². The molecule has 0 atom stereocenters. The second-order valence-corrected chi connectivity index (χ2v) is 2.57. The molecule has 1 aromatic carbocycles. The minimum Gasteiger partial charge on any atom is -0.545 e. The van der Waals surface area contributed by atoms with Gasteiger partial charge in [0.2, 0.25) is 0 Å². The summed E-state index contributed by atoms with van der Waals surface area (Å²) >= 11 is 0. The van der Waals surface area contributed by atoms with Gasteiger partial charge in [-0.15, -0.1) is 0 Å². The molecular formula is C9H6CsNO2. The molecule has 0 spiro atoms. The maximum absolute atomic E-state index is 10.4. The molecule has 13 heavy (non-hydrogen) atoms. The van der Waals surface area contributed by atoms with Gasteiger partial charge in [0.05, 0.1) is 5.97 Å². The topological polar surface area (TPSA) is 55.9 Å². The van der Waals surface area contributed by atoms with Crippen molar-refractivity contribution in [3.8, 4) is 0 Å². The number of carboxylic acids is 1. The van der Waals surface area contributed by atoms with E-state index in [-0.39, 0.29) is 74.5 Å². The number of carbonyl (C=O) groups excluding carboxylic acids is 1. The van der Waals surface area contributed by atoms with E-state index in [0.717, 1.165) is 10.9 Å². The molecule has 2 rings (SSSR count). The zero-order valence-corrected chi connectivity index (χ0v) is 13.5. The van der Waals surface area contributed by atoms with Crippen LogP contribution in [0.15, 0.2) is 30.5 Å². The molecule has 0 fully saturated rings. The van der Waals surface area contributed by atoms with Crippen LogP contribution >= 0.6 is 0 Å². The predicted molar refractivity (Wildman–Crippen MR) is 42.6 cm³/mol. The van der Waals surface area contributed by atoms with Crippen molar-refractivity contribution >= 4 is 16.9 Å². The fourth-order valence-corrected chi connectivity index (χ4v) is 1.17. The zero-order valence-electron chi connectivity index (χ0n) is 7.20. The summed E-state index contributed by atoms with van der Waals surface area (Å²) < 4.78 is 0. The van der Waals surface area contributed by atoms with Crippen LogP contribution < -0.4 is 74.0 Å². The maximum Gasteiger partial charge on any atom is 1.00 e. The Hall–Kier alpha value is 0.282. The molecule has 0 aliphatic rings. The smallest absolute Gasteiger partial charge is 0.545 e. The number of hydrogen-bond acceptors (Lipinski definition) is 2. The summed E-state index contributed by atoms with van der Waals surface area (Å²) in [7, 11) is 0. The van der Waals surface area contributed by atoms with Crippen LogP contribution in [0.5, 0.6) is 0 Å². The van der Waals surface area contributed by atoms with Crippen LogP contribution in [0, 0.1) is 0 Å². The van der Waals surface area contributed by atoms with Crippen LogP contribution in [0.4, 0.5) is 0 Å². The van der Waals surface area contributed by atoms with E-state index in [9.17, 15) is 9.90 Å². The molecule has 4 heteroatoms. The zero-order chi connectivity index (χ0) is 8.55. The summed E-state index contributed by atoms with van der Waals surface area (Å²) in [6.07, 6.45) is 1.77. The Balaban J connectivity index is 0.000000845. The summed E-state index contributed by atoms with van der Waals surface area (Å²) in [4.78, 5) is 13.4. The average Bonchev–Trinajstić information content (AvgIpc) is 2.49. The van der Waals surface area contributed by atoms with Gasteiger partial charge < -0.3 is 14.9 Å². The first-order valence-corrected chi connectivity index (χ1v) is 3.56. The van der Waals surface area contributed by atoms with Gasteiger partial charge in [-0.05, 0) is 23.1 Å². The van der Waals surface area contributed by atoms with Gasteiger partial charge in [-0.25, -0.2) is 0 Å². The molecule has 1 heterocycles. The van der Waals surface area contributed by atoms with E-state index in [2.05, 4.69) is 4.98 Å². The van der Waals surface area contributed by atoms with Crippen molar-refractivity contribution in [2.24, 2.45) is 0 Å². The first-order chi connectivity index (χ1) is 5.77. The van der Waals surface area contributed by atoms with Crippen LogP contribution in [-0.4, -0.2) is 11.0 Å². The van der Waals surface area contributed by atoms with Crippen LogP contribution in [-0.2, 0) is 0 Å². The van der Waals surface area contributed by atoms with Crippen molar-refractivity contribution < 1.29 is 78.8 Å². The summed E-state index contributed by atoms with van der Waals surface area (Å²) in [5.74, 6) is -1.15. The molecule has 0 saturated carbocycles. The number of fused-ring (bicyclic) bond motifs is 1. The molecule has 0 amide bonds. The number of aromatic amines is 1. The summed E-state index contributed by atoms with van der Waals surface area (Å²) in [6.45, 7) is 0. The molecule has 60 valence electrons. The first-order valence-electron chi connectivity index (χ1n) is 3.56. The number of aromatic carboxylic acids is 1. The van der Waals surface area contributed by atoms with Gasteiger partial charge in [-0.1, -0.05) is 12.1 Å². The maximum atomic E-state index is 10.4. The van der Waals surface area contributed by atoms with Gasteiger partial charge in [0.1, 0.15) is 0 Å². The minimum absolute atomic E-state index is 0. The van der Waals surface area contributed by atoms with Gasteiger partial charge in [0.25, 0.3) is 0 Å². The number of carboxylic acid groups (broad SMARTS) is 1. The number of benzene rings is 1.